The van der Waals surface area contributed by atoms with Crippen molar-refractivity contribution in [2.75, 3.05) is 28.8 Å². The number of nitrogen functional groups attached to an aromatic ring is 1. The van der Waals surface area contributed by atoms with Gasteiger partial charge in [-0.3, -0.25) is 9.00 Å². The summed E-state index contributed by atoms with van der Waals surface area (Å²) in [5, 5.41) is 1.57. The average Bonchev–Trinajstić information content (AvgIpc) is 2.38. The summed E-state index contributed by atoms with van der Waals surface area (Å²) in [5.41, 5.74) is 5.55. The number of carbonyl (C=O) groups is 1. The summed E-state index contributed by atoms with van der Waals surface area (Å²) in [5.74, 6) is -1.51. The van der Waals surface area contributed by atoms with Gasteiger partial charge in [-0.15, -0.1) is 0 Å². The highest BCUT2D eigenvalue weighted by atomic mass is 32.2. The fourth-order valence-electron chi connectivity index (χ4n) is 1.40. The minimum Gasteiger partial charge on any atom is -0.396 e. The first-order valence-corrected chi connectivity index (χ1v) is 9.45. The zero-order valence-corrected chi connectivity index (χ0v) is 13.3. The fourth-order valence-corrected chi connectivity index (χ4v) is 3.91. The number of halogens is 1. The Bertz CT molecular complexity index is 661. The summed E-state index contributed by atoms with van der Waals surface area (Å²) in [4.78, 5) is 11.9. The van der Waals surface area contributed by atoms with Crippen LogP contribution in [0, 0.1) is 5.82 Å². The lowest BCUT2D eigenvalue weighted by molar-refractivity contribution is -0.115. The first-order chi connectivity index (χ1) is 9.60. The Labute approximate surface area is 125 Å². The number of anilines is 2. The van der Waals surface area contributed by atoms with E-state index in [0.717, 1.165) is 12.3 Å². The number of hydrogen-bond donors (Lipinski definition) is 2. The summed E-state index contributed by atoms with van der Waals surface area (Å²) >= 11 is 0. The molecule has 1 aromatic carbocycles. The molecule has 0 saturated heterocycles. The minimum atomic E-state index is -3.23. The summed E-state index contributed by atoms with van der Waals surface area (Å²) in [6, 6.07) is 3.69. The third-order valence-corrected chi connectivity index (χ3v) is 5.50. The van der Waals surface area contributed by atoms with Crippen molar-refractivity contribution in [2.24, 2.45) is 0 Å². The third kappa shape index (κ3) is 5.80. The van der Waals surface area contributed by atoms with Crippen molar-refractivity contribution in [3.05, 3.63) is 24.0 Å². The smallest absolute Gasteiger partial charge is 0.239 e. The molecule has 0 heterocycles. The number of carbonyl (C=O) groups excluding carboxylic acids is 1. The number of amides is 1. The summed E-state index contributed by atoms with van der Waals surface area (Å²) in [7, 11) is -4.85. The van der Waals surface area contributed by atoms with E-state index in [-0.39, 0.29) is 22.9 Å². The van der Waals surface area contributed by atoms with Crippen molar-refractivity contribution < 1.29 is 21.8 Å². The van der Waals surface area contributed by atoms with Crippen LogP contribution in [0.4, 0.5) is 15.8 Å². The molecule has 0 spiro atoms. The Kier molecular flexibility index (Phi) is 5.85. The number of nitrogens with two attached hydrogens (primary N) is 1. The number of hydrogen-bond acceptors (Lipinski definition) is 5. The van der Waals surface area contributed by atoms with Crippen LogP contribution in [0.15, 0.2) is 18.2 Å². The molecule has 2 unspecified atom stereocenters. The molecule has 1 amide bonds. The van der Waals surface area contributed by atoms with Gasteiger partial charge in [0.05, 0.1) is 11.4 Å². The quantitative estimate of drug-likeness (QED) is 0.737. The summed E-state index contributed by atoms with van der Waals surface area (Å²) in [6.45, 7) is 1.43. The van der Waals surface area contributed by atoms with E-state index in [1.165, 1.54) is 19.1 Å². The first kappa shape index (κ1) is 17.6. The average molecular weight is 336 g/mol. The molecule has 9 heteroatoms. The zero-order valence-electron chi connectivity index (χ0n) is 11.6. The van der Waals surface area contributed by atoms with Crippen molar-refractivity contribution in [3.63, 3.8) is 0 Å². The van der Waals surface area contributed by atoms with Crippen LogP contribution in [0.3, 0.4) is 0 Å². The van der Waals surface area contributed by atoms with Crippen LogP contribution in [0.1, 0.15) is 6.92 Å². The second kappa shape index (κ2) is 6.99. The maximum atomic E-state index is 13.0. The monoisotopic (exact) mass is 336 g/mol. The Morgan fingerprint density at radius 2 is 2.10 bits per heavy atom. The van der Waals surface area contributed by atoms with Crippen LogP contribution in [0.5, 0.6) is 0 Å². The van der Waals surface area contributed by atoms with Gasteiger partial charge >= 0.3 is 0 Å². The zero-order chi connectivity index (χ0) is 16.2. The molecular formula is C12H17FN2O4S2. The van der Waals surface area contributed by atoms with Crippen molar-refractivity contribution in [2.45, 2.75) is 12.2 Å². The molecule has 3 N–H and O–H groups in total. The van der Waals surface area contributed by atoms with E-state index >= 15 is 0 Å². The van der Waals surface area contributed by atoms with Crippen LogP contribution >= 0.6 is 0 Å². The Hall–Kier alpha value is -1.48. The number of rotatable bonds is 6. The molecule has 1 aromatic rings. The van der Waals surface area contributed by atoms with Gasteiger partial charge in [0.15, 0.2) is 0 Å². The van der Waals surface area contributed by atoms with Crippen LogP contribution < -0.4 is 11.1 Å². The van der Waals surface area contributed by atoms with Gasteiger partial charge in [-0.1, -0.05) is 0 Å². The second-order valence-electron chi connectivity index (χ2n) is 4.58. The summed E-state index contributed by atoms with van der Waals surface area (Å²) in [6.07, 6.45) is 1.04. The van der Waals surface area contributed by atoms with E-state index in [9.17, 15) is 21.8 Å². The van der Waals surface area contributed by atoms with Gasteiger partial charge in [0.2, 0.25) is 5.91 Å². The standard InChI is InChI=1S/C12H17FN2O4S2/c1-8(20(17)5-6-21(2,18)19)12(16)15-9-3-4-10(13)11(14)7-9/h3-4,7-8H,5-6,14H2,1-2H3,(H,15,16). The Morgan fingerprint density at radius 1 is 1.48 bits per heavy atom. The predicted octanol–water partition coefficient (Wildman–Crippen LogP) is 0.528. The maximum absolute atomic E-state index is 13.0. The van der Waals surface area contributed by atoms with Crippen molar-refractivity contribution in [3.8, 4) is 0 Å². The van der Waals surface area contributed by atoms with Gasteiger partial charge in [0, 0.05) is 28.5 Å². The fraction of sp³-hybridized carbons (Fsp3) is 0.417. The van der Waals surface area contributed by atoms with Gasteiger partial charge in [-0.05, 0) is 25.1 Å². The number of sulfone groups is 1. The molecule has 118 valence electrons. The summed E-state index contributed by atoms with van der Waals surface area (Å²) < 4.78 is 46.8. The van der Waals surface area contributed by atoms with Crippen molar-refractivity contribution in [1.82, 2.24) is 0 Å². The second-order valence-corrected chi connectivity index (χ2v) is 8.72. The SMILES string of the molecule is CC(C(=O)Nc1ccc(F)c(N)c1)S(=O)CCS(C)(=O)=O. The molecule has 0 saturated carbocycles. The van der Waals surface area contributed by atoms with Gasteiger partial charge in [-0.25, -0.2) is 12.8 Å². The van der Waals surface area contributed by atoms with E-state index in [0.29, 0.717) is 0 Å². The molecule has 0 aliphatic heterocycles. The molecule has 0 fully saturated rings. The normalized spacial score (nSPS) is 14.4. The van der Waals surface area contributed by atoms with Gasteiger partial charge < -0.3 is 11.1 Å². The molecule has 2 atom stereocenters. The molecule has 1 rings (SSSR count). The molecular weight excluding hydrogens is 319 g/mol. The Morgan fingerprint density at radius 3 is 2.62 bits per heavy atom. The van der Waals surface area contributed by atoms with Gasteiger partial charge in [0.25, 0.3) is 0 Å². The Balaban J connectivity index is 2.65. The minimum absolute atomic E-state index is 0.112. The third-order valence-electron chi connectivity index (χ3n) is 2.68. The van der Waals surface area contributed by atoms with Crippen molar-refractivity contribution in [1.29, 1.82) is 0 Å². The van der Waals surface area contributed by atoms with Crippen molar-refractivity contribution >= 4 is 37.9 Å². The van der Waals surface area contributed by atoms with Crippen LogP contribution in [0.2, 0.25) is 0 Å². The van der Waals surface area contributed by atoms with Gasteiger partial charge in [-0.2, -0.15) is 0 Å². The molecule has 0 aliphatic rings. The van der Waals surface area contributed by atoms with E-state index in [2.05, 4.69) is 5.32 Å². The highest BCUT2D eigenvalue weighted by Crippen LogP contribution is 2.16. The van der Waals surface area contributed by atoms with E-state index in [1.807, 2.05) is 0 Å². The van der Waals surface area contributed by atoms with E-state index < -0.39 is 37.6 Å². The number of nitrogens with one attached hydrogen (secondary N) is 1. The molecule has 21 heavy (non-hydrogen) atoms. The van der Waals surface area contributed by atoms with E-state index in [4.69, 9.17) is 5.73 Å². The van der Waals surface area contributed by atoms with Crippen LogP contribution in [0.25, 0.3) is 0 Å². The lowest BCUT2D eigenvalue weighted by Gasteiger charge is -2.12. The topological polar surface area (TPSA) is 106 Å². The molecule has 6 nitrogen and oxygen atoms in total. The molecule has 0 aromatic heterocycles. The predicted molar refractivity (Wildman–Crippen MR) is 81.6 cm³/mol. The highest BCUT2D eigenvalue weighted by molar-refractivity contribution is 7.92. The van der Waals surface area contributed by atoms with E-state index in [1.54, 1.807) is 0 Å². The maximum Gasteiger partial charge on any atom is 0.239 e. The van der Waals surface area contributed by atoms with Crippen LogP contribution in [-0.4, -0.2) is 41.5 Å². The van der Waals surface area contributed by atoms with Crippen LogP contribution in [-0.2, 0) is 25.4 Å². The van der Waals surface area contributed by atoms with Gasteiger partial charge in [0.1, 0.15) is 20.9 Å². The molecule has 0 bridgehead atoms. The number of benzene rings is 1. The highest BCUT2D eigenvalue weighted by Gasteiger charge is 2.21. The largest absolute Gasteiger partial charge is 0.396 e. The lowest BCUT2D eigenvalue weighted by Crippen LogP contribution is -2.31. The molecule has 0 radical (unpaired) electrons. The lowest BCUT2D eigenvalue weighted by atomic mass is 10.2. The first-order valence-electron chi connectivity index (χ1n) is 6.01. The molecule has 0 aliphatic carbocycles.